The highest BCUT2D eigenvalue weighted by atomic mass is 35.5. The lowest BCUT2D eigenvalue weighted by molar-refractivity contribution is -0.123. The standard InChI is InChI=1S/C20H18ClNO5S/c1-12-3-5-15(6-4-12)27-8-7-22-19(24)17(28-20(22)25)10-13-9-14(21)11-16(26-2)18(13)23/h3-6,9-11,23H,7-8H2,1-2H3/b17-10-. The lowest BCUT2D eigenvalue weighted by atomic mass is 10.1. The van der Waals surface area contributed by atoms with E-state index < -0.39 is 11.1 Å². The minimum Gasteiger partial charge on any atom is -0.504 e. The fourth-order valence-electron chi connectivity index (χ4n) is 2.58. The maximum absolute atomic E-state index is 12.6. The van der Waals surface area contributed by atoms with E-state index in [0.717, 1.165) is 22.2 Å². The van der Waals surface area contributed by atoms with E-state index in [-0.39, 0.29) is 29.6 Å². The Balaban J connectivity index is 1.70. The first kappa shape index (κ1) is 20.1. The number of imide groups is 1. The molecule has 0 radical (unpaired) electrons. The first-order valence-electron chi connectivity index (χ1n) is 8.40. The number of aryl methyl sites for hydroxylation is 1. The van der Waals surface area contributed by atoms with E-state index >= 15 is 0 Å². The van der Waals surface area contributed by atoms with Gasteiger partial charge in [0.2, 0.25) is 0 Å². The predicted molar refractivity (Wildman–Crippen MR) is 109 cm³/mol. The summed E-state index contributed by atoms with van der Waals surface area (Å²) in [6.45, 7) is 2.29. The second-order valence-corrected chi connectivity index (χ2v) is 7.47. The van der Waals surface area contributed by atoms with E-state index in [1.165, 1.54) is 25.3 Å². The van der Waals surface area contributed by atoms with Gasteiger partial charge >= 0.3 is 0 Å². The largest absolute Gasteiger partial charge is 0.504 e. The van der Waals surface area contributed by atoms with Gasteiger partial charge in [-0.1, -0.05) is 29.3 Å². The number of amides is 2. The van der Waals surface area contributed by atoms with Crippen molar-refractivity contribution in [2.24, 2.45) is 0 Å². The van der Waals surface area contributed by atoms with Crippen molar-refractivity contribution in [3.8, 4) is 17.2 Å². The molecule has 1 heterocycles. The molecule has 0 spiro atoms. The average molecular weight is 420 g/mol. The van der Waals surface area contributed by atoms with Gasteiger partial charge in [0.25, 0.3) is 11.1 Å². The maximum atomic E-state index is 12.6. The summed E-state index contributed by atoms with van der Waals surface area (Å²) >= 11 is 6.81. The Morgan fingerprint density at radius 1 is 1.21 bits per heavy atom. The Kier molecular flexibility index (Phi) is 6.16. The lowest BCUT2D eigenvalue weighted by Gasteiger charge is -2.13. The average Bonchev–Trinajstić information content (AvgIpc) is 2.93. The molecule has 6 nitrogen and oxygen atoms in total. The third-order valence-electron chi connectivity index (χ3n) is 4.05. The van der Waals surface area contributed by atoms with Crippen LogP contribution >= 0.6 is 23.4 Å². The summed E-state index contributed by atoms with van der Waals surface area (Å²) in [6, 6.07) is 10.5. The monoisotopic (exact) mass is 419 g/mol. The van der Waals surface area contributed by atoms with Crippen molar-refractivity contribution in [1.82, 2.24) is 4.90 Å². The normalized spacial score (nSPS) is 15.4. The highest BCUT2D eigenvalue weighted by molar-refractivity contribution is 8.18. The van der Waals surface area contributed by atoms with Crippen molar-refractivity contribution in [2.45, 2.75) is 6.92 Å². The number of carbonyl (C=O) groups is 2. The third-order valence-corrected chi connectivity index (χ3v) is 5.18. The molecule has 2 aromatic rings. The molecule has 1 aliphatic rings. The minimum atomic E-state index is -0.444. The summed E-state index contributed by atoms with van der Waals surface area (Å²) in [6.07, 6.45) is 1.43. The van der Waals surface area contributed by atoms with Crippen LogP contribution in [0.25, 0.3) is 6.08 Å². The number of rotatable bonds is 6. The second kappa shape index (κ2) is 8.58. The van der Waals surface area contributed by atoms with Crippen molar-refractivity contribution in [3.05, 3.63) is 57.5 Å². The van der Waals surface area contributed by atoms with Gasteiger partial charge in [-0.2, -0.15) is 0 Å². The van der Waals surface area contributed by atoms with Crippen LogP contribution in [0.2, 0.25) is 5.02 Å². The van der Waals surface area contributed by atoms with Gasteiger partial charge in [0.15, 0.2) is 11.5 Å². The molecule has 0 atom stereocenters. The molecule has 0 bridgehead atoms. The molecule has 8 heteroatoms. The number of thioether (sulfide) groups is 1. The first-order valence-corrected chi connectivity index (χ1v) is 9.60. The number of carbonyl (C=O) groups excluding carboxylic acids is 2. The molecule has 0 unspecified atom stereocenters. The fourth-order valence-corrected chi connectivity index (χ4v) is 3.66. The number of phenolic OH excluding ortho intramolecular Hbond substituents is 1. The summed E-state index contributed by atoms with van der Waals surface area (Å²) in [5, 5.41) is 10.2. The lowest BCUT2D eigenvalue weighted by Crippen LogP contribution is -2.32. The van der Waals surface area contributed by atoms with Crippen molar-refractivity contribution in [1.29, 1.82) is 0 Å². The number of ether oxygens (including phenoxy) is 2. The van der Waals surface area contributed by atoms with Crippen LogP contribution in [-0.2, 0) is 4.79 Å². The van der Waals surface area contributed by atoms with Crippen molar-refractivity contribution < 1.29 is 24.2 Å². The molecule has 0 saturated carbocycles. The molecule has 2 aromatic carbocycles. The van der Waals surface area contributed by atoms with E-state index in [4.69, 9.17) is 21.1 Å². The highest BCUT2D eigenvalue weighted by Crippen LogP contribution is 2.38. The van der Waals surface area contributed by atoms with Gasteiger partial charge in [0.05, 0.1) is 18.6 Å². The van der Waals surface area contributed by atoms with Crippen LogP contribution in [0.4, 0.5) is 4.79 Å². The molecule has 1 aliphatic heterocycles. The van der Waals surface area contributed by atoms with Crippen LogP contribution in [0.5, 0.6) is 17.2 Å². The Hall–Kier alpha value is -2.64. The fraction of sp³-hybridized carbons (Fsp3) is 0.200. The number of methoxy groups -OCH3 is 1. The zero-order chi connectivity index (χ0) is 20.3. The van der Waals surface area contributed by atoms with E-state index in [1.54, 1.807) is 0 Å². The van der Waals surface area contributed by atoms with Crippen LogP contribution in [0.3, 0.4) is 0 Å². The van der Waals surface area contributed by atoms with Gasteiger partial charge in [-0.05, 0) is 43.0 Å². The SMILES string of the molecule is COc1cc(Cl)cc(/C=C2\SC(=O)N(CCOc3ccc(C)cc3)C2=O)c1O. The van der Waals surface area contributed by atoms with Gasteiger partial charge in [-0.25, -0.2) is 0 Å². The Morgan fingerprint density at radius 3 is 2.61 bits per heavy atom. The number of nitrogens with zero attached hydrogens (tertiary/aromatic N) is 1. The number of halogens is 1. The highest BCUT2D eigenvalue weighted by Gasteiger charge is 2.35. The summed E-state index contributed by atoms with van der Waals surface area (Å²) in [5.74, 6) is 0.260. The van der Waals surface area contributed by atoms with Gasteiger partial charge in [-0.3, -0.25) is 14.5 Å². The van der Waals surface area contributed by atoms with Crippen molar-refractivity contribution >= 4 is 40.6 Å². The predicted octanol–water partition coefficient (Wildman–Crippen LogP) is 4.48. The number of phenols is 1. The summed E-state index contributed by atoms with van der Waals surface area (Å²) in [7, 11) is 1.40. The van der Waals surface area contributed by atoms with E-state index in [9.17, 15) is 14.7 Å². The minimum absolute atomic E-state index is 0.126. The van der Waals surface area contributed by atoms with Gasteiger partial charge < -0.3 is 14.6 Å². The smallest absolute Gasteiger partial charge is 0.293 e. The van der Waals surface area contributed by atoms with Gasteiger partial charge in [-0.15, -0.1) is 0 Å². The first-order chi connectivity index (χ1) is 13.4. The summed E-state index contributed by atoms with van der Waals surface area (Å²) in [5.41, 5.74) is 1.41. The Morgan fingerprint density at radius 2 is 1.93 bits per heavy atom. The number of aromatic hydroxyl groups is 1. The van der Waals surface area contributed by atoms with Crippen molar-refractivity contribution in [2.75, 3.05) is 20.3 Å². The molecule has 28 heavy (non-hydrogen) atoms. The van der Waals surface area contributed by atoms with E-state index in [0.29, 0.717) is 16.3 Å². The summed E-state index contributed by atoms with van der Waals surface area (Å²) < 4.78 is 10.6. The number of hydrogen-bond acceptors (Lipinski definition) is 6. The molecule has 146 valence electrons. The molecule has 2 amide bonds. The zero-order valence-electron chi connectivity index (χ0n) is 15.3. The molecule has 1 N–H and O–H groups in total. The Bertz CT molecular complexity index is 942. The molecule has 1 fully saturated rings. The third kappa shape index (κ3) is 4.43. The van der Waals surface area contributed by atoms with Crippen LogP contribution in [-0.4, -0.2) is 41.4 Å². The molecular weight excluding hydrogens is 402 g/mol. The quantitative estimate of drug-likeness (QED) is 0.696. The van der Waals surface area contributed by atoms with Gasteiger partial charge in [0, 0.05) is 16.7 Å². The molecule has 3 rings (SSSR count). The summed E-state index contributed by atoms with van der Waals surface area (Å²) in [4.78, 5) is 26.1. The van der Waals surface area contributed by atoms with Crippen molar-refractivity contribution in [3.63, 3.8) is 0 Å². The van der Waals surface area contributed by atoms with Crippen LogP contribution < -0.4 is 9.47 Å². The topological polar surface area (TPSA) is 76.1 Å². The van der Waals surface area contributed by atoms with Gasteiger partial charge in [0.1, 0.15) is 12.4 Å². The Labute approximate surface area is 171 Å². The number of hydrogen-bond donors (Lipinski definition) is 1. The molecule has 0 aliphatic carbocycles. The maximum Gasteiger partial charge on any atom is 0.293 e. The molecule has 0 aromatic heterocycles. The van der Waals surface area contributed by atoms with Crippen LogP contribution in [0, 0.1) is 6.92 Å². The number of benzene rings is 2. The van der Waals surface area contributed by atoms with E-state index in [1.807, 2.05) is 31.2 Å². The zero-order valence-corrected chi connectivity index (χ0v) is 16.8. The van der Waals surface area contributed by atoms with E-state index in [2.05, 4.69) is 0 Å². The molecule has 1 saturated heterocycles. The molecular formula is C20H18ClNO5S. The van der Waals surface area contributed by atoms with Crippen LogP contribution in [0.15, 0.2) is 41.3 Å². The van der Waals surface area contributed by atoms with Crippen LogP contribution in [0.1, 0.15) is 11.1 Å². The second-order valence-electron chi connectivity index (χ2n) is 6.04.